The molecule has 3 aromatic rings. The smallest absolute Gasteiger partial charge is 0.307 e. The summed E-state index contributed by atoms with van der Waals surface area (Å²) < 4.78 is 9.38. The molecular formula is C18H19ClN6O3S. The summed E-state index contributed by atoms with van der Waals surface area (Å²) in [6, 6.07) is 5.46. The number of thioether (sulfide) groups is 1. The van der Waals surface area contributed by atoms with Crippen LogP contribution < -0.4 is 4.74 Å². The highest BCUT2D eigenvalue weighted by molar-refractivity contribution is 7.98. The van der Waals surface area contributed by atoms with Crippen LogP contribution in [0.5, 0.6) is 5.75 Å². The second kappa shape index (κ2) is 9.10. The van der Waals surface area contributed by atoms with Crippen LogP contribution in [0.3, 0.4) is 0 Å². The van der Waals surface area contributed by atoms with Crippen molar-refractivity contribution < 1.29 is 9.66 Å². The predicted molar refractivity (Wildman–Crippen MR) is 110 cm³/mol. The zero-order valence-corrected chi connectivity index (χ0v) is 17.4. The third kappa shape index (κ3) is 4.96. The third-order valence-corrected chi connectivity index (χ3v) is 5.40. The van der Waals surface area contributed by atoms with E-state index in [9.17, 15) is 10.1 Å². The normalized spacial score (nSPS) is 12.0. The number of hydrogen-bond acceptors (Lipinski definition) is 7. The molecule has 0 aliphatic rings. The van der Waals surface area contributed by atoms with Crippen LogP contribution in [0.25, 0.3) is 0 Å². The van der Waals surface area contributed by atoms with Gasteiger partial charge in [-0.05, 0) is 37.6 Å². The van der Waals surface area contributed by atoms with Gasteiger partial charge in [-0.25, -0.2) is 0 Å². The van der Waals surface area contributed by atoms with E-state index in [0.29, 0.717) is 34.2 Å². The molecule has 3 rings (SSSR count). The van der Waals surface area contributed by atoms with Gasteiger partial charge in [0.05, 0.1) is 10.8 Å². The zero-order valence-electron chi connectivity index (χ0n) is 15.9. The van der Waals surface area contributed by atoms with Crippen molar-refractivity contribution in [3.05, 3.63) is 69.8 Å². The fraction of sp³-hybridized carbons (Fsp3) is 0.278. The maximum atomic E-state index is 10.8. The second-order valence-electron chi connectivity index (χ2n) is 6.18. The van der Waals surface area contributed by atoms with Gasteiger partial charge in [0.15, 0.2) is 17.1 Å². The standard InChI is InChI=1S/C18H19ClN6O3S/c1-4-7-24-17(13(3)28-15-5-6-16(19)12(2)8-15)21-22-18(24)29-11-23-10-14(9-20-23)25(26)27/h4-6,8-10,13H,1,7,11H2,2-3H3. The maximum Gasteiger partial charge on any atom is 0.307 e. The Labute approximate surface area is 176 Å². The van der Waals surface area contributed by atoms with Crippen molar-refractivity contribution in [1.29, 1.82) is 0 Å². The molecular weight excluding hydrogens is 416 g/mol. The number of nitro groups is 1. The maximum absolute atomic E-state index is 10.8. The van der Waals surface area contributed by atoms with Gasteiger partial charge < -0.3 is 4.74 Å². The molecule has 0 radical (unpaired) electrons. The molecule has 0 aliphatic heterocycles. The van der Waals surface area contributed by atoms with Gasteiger partial charge in [0.2, 0.25) is 0 Å². The van der Waals surface area contributed by atoms with Crippen LogP contribution in [0, 0.1) is 17.0 Å². The van der Waals surface area contributed by atoms with E-state index in [1.807, 2.05) is 24.5 Å². The molecule has 2 aromatic heterocycles. The quantitative estimate of drug-likeness (QED) is 0.212. The van der Waals surface area contributed by atoms with Gasteiger partial charge in [-0.1, -0.05) is 29.4 Å². The largest absolute Gasteiger partial charge is 0.483 e. The van der Waals surface area contributed by atoms with E-state index in [-0.39, 0.29) is 11.8 Å². The lowest BCUT2D eigenvalue weighted by Crippen LogP contribution is -2.12. The lowest BCUT2D eigenvalue weighted by molar-refractivity contribution is -0.385. The molecule has 152 valence electrons. The summed E-state index contributed by atoms with van der Waals surface area (Å²) in [5, 5.41) is 24.6. The lowest BCUT2D eigenvalue weighted by atomic mass is 10.2. The Morgan fingerprint density at radius 3 is 2.90 bits per heavy atom. The Balaban J connectivity index is 1.75. The number of rotatable bonds is 9. The molecule has 0 amide bonds. The highest BCUT2D eigenvalue weighted by Gasteiger charge is 2.20. The molecule has 0 fully saturated rings. The average molecular weight is 435 g/mol. The summed E-state index contributed by atoms with van der Waals surface area (Å²) in [6.07, 6.45) is 3.97. The van der Waals surface area contributed by atoms with E-state index in [0.717, 1.165) is 5.56 Å². The molecule has 0 aliphatic carbocycles. The fourth-order valence-corrected chi connectivity index (χ4v) is 3.53. The number of aryl methyl sites for hydroxylation is 1. The molecule has 0 saturated heterocycles. The number of benzene rings is 1. The van der Waals surface area contributed by atoms with E-state index in [2.05, 4.69) is 21.9 Å². The van der Waals surface area contributed by atoms with Gasteiger partial charge in [-0.15, -0.1) is 16.8 Å². The molecule has 2 heterocycles. The molecule has 0 spiro atoms. The van der Waals surface area contributed by atoms with Crippen molar-refractivity contribution in [3.8, 4) is 5.75 Å². The Kier molecular flexibility index (Phi) is 6.55. The molecule has 1 aromatic carbocycles. The lowest BCUT2D eigenvalue weighted by Gasteiger charge is -2.16. The van der Waals surface area contributed by atoms with Gasteiger partial charge in [0.1, 0.15) is 18.1 Å². The number of nitrogens with zero attached hydrogens (tertiary/aromatic N) is 6. The van der Waals surface area contributed by atoms with E-state index in [4.69, 9.17) is 16.3 Å². The molecule has 0 bridgehead atoms. The Morgan fingerprint density at radius 1 is 1.45 bits per heavy atom. The van der Waals surface area contributed by atoms with Crippen molar-refractivity contribution in [1.82, 2.24) is 24.5 Å². The van der Waals surface area contributed by atoms with Crippen LogP contribution in [-0.4, -0.2) is 29.5 Å². The minimum Gasteiger partial charge on any atom is -0.483 e. The Hall–Kier alpha value is -2.85. The minimum atomic E-state index is -0.482. The summed E-state index contributed by atoms with van der Waals surface area (Å²) in [5.74, 6) is 1.69. The predicted octanol–water partition coefficient (Wildman–Crippen LogP) is 4.42. The van der Waals surface area contributed by atoms with Crippen LogP contribution in [-0.2, 0) is 12.4 Å². The molecule has 0 N–H and O–H groups in total. The highest BCUT2D eigenvalue weighted by Crippen LogP contribution is 2.27. The van der Waals surface area contributed by atoms with E-state index >= 15 is 0 Å². The zero-order chi connectivity index (χ0) is 21.0. The minimum absolute atomic E-state index is 0.0564. The third-order valence-electron chi connectivity index (χ3n) is 4.02. The van der Waals surface area contributed by atoms with Crippen LogP contribution >= 0.6 is 23.4 Å². The number of hydrogen-bond donors (Lipinski definition) is 0. The van der Waals surface area contributed by atoms with Gasteiger partial charge >= 0.3 is 5.69 Å². The topological polar surface area (TPSA) is 101 Å². The molecule has 1 unspecified atom stereocenters. The van der Waals surface area contributed by atoms with Crippen molar-refractivity contribution >= 4 is 29.1 Å². The van der Waals surface area contributed by atoms with Crippen molar-refractivity contribution in [2.75, 3.05) is 0 Å². The van der Waals surface area contributed by atoms with Gasteiger partial charge in [0.25, 0.3) is 0 Å². The monoisotopic (exact) mass is 434 g/mol. The van der Waals surface area contributed by atoms with Crippen LogP contribution in [0.1, 0.15) is 24.4 Å². The first kappa shape index (κ1) is 20.9. The van der Waals surface area contributed by atoms with E-state index < -0.39 is 4.92 Å². The van der Waals surface area contributed by atoms with E-state index in [1.54, 1.807) is 18.2 Å². The highest BCUT2D eigenvalue weighted by atomic mass is 35.5. The number of halogens is 1. The summed E-state index contributed by atoms with van der Waals surface area (Å²) >= 11 is 7.43. The van der Waals surface area contributed by atoms with Gasteiger partial charge in [-0.2, -0.15) is 5.10 Å². The average Bonchev–Trinajstić information content (AvgIpc) is 3.31. The van der Waals surface area contributed by atoms with Crippen LogP contribution in [0.15, 0.2) is 48.4 Å². The summed E-state index contributed by atoms with van der Waals surface area (Å²) in [4.78, 5) is 10.3. The Bertz CT molecular complexity index is 1030. The van der Waals surface area contributed by atoms with Gasteiger partial charge in [0, 0.05) is 11.6 Å². The molecule has 29 heavy (non-hydrogen) atoms. The van der Waals surface area contributed by atoms with Gasteiger partial charge in [-0.3, -0.25) is 19.4 Å². The van der Waals surface area contributed by atoms with Crippen molar-refractivity contribution in [2.45, 2.75) is 37.5 Å². The number of aromatic nitrogens is 5. The summed E-state index contributed by atoms with van der Waals surface area (Å²) in [7, 11) is 0. The number of ether oxygens (including phenoxy) is 1. The first-order chi connectivity index (χ1) is 13.9. The molecule has 0 saturated carbocycles. The molecule has 9 nitrogen and oxygen atoms in total. The fourth-order valence-electron chi connectivity index (χ4n) is 2.60. The SMILES string of the molecule is C=CCn1c(SCn2cc([N+](=O)[O-])cn2)nnc1C(C)Oc1ccc(Cl)c(C)c1. The van der Waals surface area contributed by atoms with E-state index in [1.165, 1.54) is 28.8 Å². The molecule has 1 atom stereocenters. The first-order valence-electron chi connectivity index (χ1n) is 8.65. The second-order valence-corrected chi connectivity index (χ2v) is 7.50. The summed E-state index contributed by atoms with van der Waals surface area (Å²) in [5.41, 5.74) is 0.868. The van der Waals surface area contributed by atoms with Crippen LogP contribution in [0.4, 0.5) is 5.69 Å². The first-order valence-corrected chi connectivity index (χ1v) is 10.0. The van der Waals surface area contributed by atoms with Crippen molar-refractivity contribution in [2.24, 2.45) is 0 Å². The summed E-state index contributed by atoms with van der Waals surface area (Å²) in [6.45, 7) is 8.09. The number of allylic oxidation sites excluding steroid dienone is 1. The van der Waals surface area contributed by atoms with Crippen LogP contribution in [0.2, 0.25) is 5.02 Å². The molecule has 11 heteroatoms. The Morgan fingerprint density at radius 2 is 2.24 bits per heavy atom. The van der Waals surface area contributed by atoms with Crippen molar-refractivity contribution in [3.63, 3.8) is 0 Å².